The number of aliphatic hydroxyl groups excluding tert-OH is 1. The maximum atomic E-state index is 8.80. The number of likely N-dealkylation sites (N-methyl/N-ethyl adjacent to an activating group) is 1. The second kappa shape index (κ2) is 5.95. The number of benzene rings is 1. The number of hydrogen-bond acceptors (Lipinski definition) is 3. The van der Waals surface area contributed by atoms with Crippen LogP contribution in [0.3, 0.4) is 0 Å². The summed E-state index contributed by atoms with van der Waals surface area (Å²) in [6.07, 6.45) is 0. The molecular formula is C11H16ClNO2. The van der Waals surface area contributed by atoms with Gasteiger partial charge in [-0.1, -0.05) is 17.7 Å². The Labute approximate surface area is 95.2 Å². The molecular weight excluding hydrogens is 214 g/mol. The minimum absolute atomic E-state index is 0.142. The third-order valence-electron chi connectivity index (χ3n) is 2.21. The fraction of sp³-hybridized carbons (Fsp3) is 0.455. The average molecular weight is 230 g/mol. The van der Waals surface area contributed by atoms with Gasteiger partial charge in [-0.2, -0.15) is 0 Å². The first-order valence-corrected chi connectivity index (χ1v) is 5.17. The van der Waals surface area contributed by atoms with Crippen LogP contribution in [-0.2, 0) is 6.54 Å². The highest BCUT2D eigenvalue weighted by Gasteiger charge is 2.09. The molecule has 84 valence electrons. The Kier molecular flexibility index (Phi) is 4.88. The van der Waals surface area contributed by atoms with Gasteiger partial charge in [0.2, 0.25) is 0 Å². The molecule has 0 aromatic heterocycles. The van der Waals surface area contributed by atoms with Crippen molar-refractivity contribution in [3.05, 3.63) is 28.8 Å². The Morgan fingerprint density at radius 3 is 2.80 bits per heavy atom. The number of halogens is 1. The van der Waals surface area contributed by atoms with Gasteiger partial charge >= 0.3 is 0 Å². The molecule has 1 aromatic carbocycles. The van der Waals surface area contributed by atoms with Crippen LogP contribution in [-0.4, -0.2) is 37.3 Å². The Hall–Kier alpha value is -0.770. The highest BCUT2D eigenvalue weighted by atomic mass is 35.5. The van der Waals surface area contributed by atoms with Crippen molar-refractivity contribution in [2.45, 2.75) is 6.54 Å². The lowest BCUT2D eigenvalue weighted by Crippen LogP contribution is -2.22. The summed E-state index contributed by atoms with van der Waals surface area (Å²) in [5.41, 5.74) is 0.956. The van der Waals surface area contributed by atoms with Crippen LogP contribution < -0.4 is 4.74 Å². The lowest BCUT2D eigenvalue weighted by atomic mass is 10.2. The summed E-state index contributed by atoms with van der Waals surface area (Å²) in [5, 5.41) is 9.50. The van der Waals surface area contributed by atoms with Crippen LogP contribution in [0.25, 0.3) is 0 Å². The predicted octanol–water partition coefficient (Wildman–Crippen LogP) is 1.77. The summed E-state index contributed by atoms with van der Waals surface area (Å²) in [6.45, 7) is 1.43. The van der Waals surface area contributed by atoms with Gasteiger partial charge in [0.05, 0.1) is 13.7 Å². The number of rotatable bonds is 5. The summed E-state index contributed by atoms with van der Waals surface area (Å²) in [7, 11) is 3.56. The van der Waals surface area contributed by atoms with Crippen LogP contribution in [0.5, 0.6) is 5.75 Å². The lowest BCUT2D eigenvalue weighted by molar-refractivity contribution is 0.216. The van der Waals surface area contributed by atoms with Crippen LogP contribution in [0.2, 0.25) is 5.02 Å². The van der Waals surface area contributed by atoms with Crippen LogP contribution in [0.4, 0.5) is 0 Å². The number of methoxy groups -OCH3 is 1. The van der Waals surface area contributed by atoms with Gasteiger partial charge in [-0.3, -0.25) is 4.90 Å². The average Bonchev–Trinajstić information content (AvgIpc) is 2.21. The Morgan fingerprint density at radius 2 is 2.20 bits per heavy atom. The molecule has 0 fully saturated rings. The number of aliphatic hydroxyl groups is 1. The molecule has 3 nitrogen and oxygen atoms in total. The molecule has 0 unspecified atom stereocenters. The molecule has 0 amide bonds. The van der Waals surface area contributed by atoms with Gasteiger partial charge in [0.15, 0.2) is 0 Å². The van der Waals surface area contributed by atoms with E-state index in [1.54, 1.807) is 7.11 Å². The quantitative estimate of drug-likeness (QED) is 0.836. The summed E-state index contributed by atoms with van der Waals surface area (Å²) >= 11 is 6.08. The van der Waals surface area contributed by atoms with Crippen molar-refractivity contribution in [2.24, 2.45) is 0 Å². The van der Waals surface area contributed by atoms with Crippen LogP contribution in [0, 0.1) is 0 Å². The molecule has 1 aromatic rings. The van der Waals surface area contributed by atoms with E-state index in [0.29, 0.717) is 18.1 Å². The highest BCUT2D eigenvalue weighted by Crippen LogP contribution is 2.27. The largest absolute Gasteiger partial charge is 0.496 e. The van der Waals surface area contributed by atoms with Gasteiger partial charge in [0.25, 0.3) is 0 Å². The fourth-order valence-electron chi connectivity index (χ4n) is 1.40. The van der Waals surface area contributed by atoms with E-state index in [2.05, 4.69) is 0 Å². The van der Waals surface area contributed by atoms with Crippen LogP contribution in [0.1, 0.15) is 5.56 Å². The molecule has 0 aliphatic rings. The molecule has 0 atom stereocenters. The van der Waals surface area contributed by atoms with E-state index in [0.717, 1.165) is 11.3 Å². The van der Waals surface area contributed by atoms with E-state index in [-0.39, 0.29) is 6.61 Å². The fourth-order valence-corrected chi connectivity index (χ4v) is 1.63. The summed E-state index contributed by atoms with van der Waals surface area (Å²) in [6, 6.07) is 5.58. The van der Waals surface area contributed by atoms with Gasteiger partial charge in [-0.25, -0.2) is 0 Å². The molecule has 0 spiro atoms. The molecule has 0 saturated heterocycles. The molecule has 4 heteroatoms. The first-order valence-electron chi connectivity index (χ1n) is 4.79. The van der Waals surface area contributed by atoms with Gasteiger partial charge in [-0.15, -0.1) is 0 Å². The lowest BCUT2D eigenvalue weighted by Gasteiger charge is -2.18. The van der Waals surface area contributed by atoms with E-state index < -0.39 is 0 Å². The molecule has 15 heavy (non-hydrogen) atoms. The van der Waals surface area contributed by atoms with Gasteiger partial charge in [0, 0.05) is 23.7 Å². The van der Waals surface area contributed by atoms with Crippen molar-refractivity contribution in [3.63, 3.8) is 0 Å². The Balaban J connectivity index is 2.82. The predicted molar refractivity (Wildman–Crippen MR) is 61.4 cm³/mol. The van der Waals surface area contributed by atoms with Gasteiger partial charge in [-0.05, 0) is 19.2 Å². The van der Waals surface area contributed by atoms with Crippen molar-refractivity contribution in [2.75, 3.05) is 27.3 Å². The smallest absolute Gasteiger partial charge is 0.124 e. The molecule has 0 aliphatic heterocycles. The maximum absolute atomic E-state index is 8.80. The molecule has 0 saturated carbocycles. The van der Waals surface area contributed by atoms with Crippen molar-refractivity contribution >= 4 is 11.6 Å². The molecule has 1 N–H and O–H groups in total. The van der Waals surface area contributed by atoms with E-state index in [1.165, 1.54) is 0 Å². The van der Waals surface area contributed by atoms with Crippen molar-refractivity contribution < 1.29 is 9.84 Å². The number of hydrogen-bond donors (Lipinski definition) is 1. The van der Waals surface area contributed by atoms with Crippen LogP contribution >= 0.6 is 11.6 Å². The molecule has 0 radical (unpaired) electrons. The first-order chi connectivity index (χ1) is 7.19. The highest BCUT2D eigenvalue weighted by molar-refractivity contribution is 6.31. The molecule has 0 bridgehead atoms. The first kappa shape index (κ1) is 12.3. The standard InChI is InChI=1S/C11H16ClNO2/c1-13(6-7-14)8-9-10(12)4-3-5-11(9)15-2/h3-5,14H,6-8H2,1-2H3. The molecule has 1 rings (SSSR count). The normalized spacial score (nSPS) is 10.7. The van der Waals surface area contributed by atoms with Crippen molar-refractivity contribution in [1.82, 2.24) is 4.90 Å². The zero-order valence-electron chi connectivity index (χ0n) is 9.03. The number of nitrogens with zero attached hydrogens (tertiary/aromatic N) is 1. The summed E-state index contributed by atoms with van der Waals surface area (Å²) in [5.74, 6) is 0.785. The topological polar surface area (TPSA) is 32.7 Å². The van der Waals surface area contributed by atoms with Crippen LogP contribution in [0.15, 0.2) is 18.2 Å². The minimum Gasteiger partial charge on any atom is -0.496 e. The van der Waals surface area contributed by atoms with Gasteiger partial charge < -0.3 is 9.84 Å². The SMILES string of the molecule is COc1cccc(Cl)c1CN(C)CCO. The monoisotopic (exact) mass is 229 g/mol. The van der Waals surface area contributed by atoms with E-state index in [1.807, 2.05) is 30.1 Å². The second-order valence-corrected chi connectivity index (χ2v) is 3.79. The molecule has 0 aliphatic carbocycles. The van der Waals surface area contributed by atoms with E-state index >= 15 is 0 Å². The Bertz CT molecular complexity index is 317. The Morgan fingerprint density at radius 1 is 1.47 bits per heavy atom. The third-order valence-corrected chi connectivity index (χ3v) is 2.56. The van der Waals surface area contributed by atoms with E-state index in [4.69, 9.17) is 21.4 Å². The summed E-state index contributed by atoms with van der Waals surface area (Å²) < 4.78 is 5.23. The molecule has 0 heterocycles. The van der Waals surface area contributed by atoms with E-state index in [9.17, 15) is 0 Å². The zero-order valence-corrected chi connectivity index (χ0v) is 9.79. The van der Waals surface area contributed by atoms with Gasteiger partial charge in [0.1, 0.15) is 5.75 Å². The summed E-state index contributed by atoms with van der Waals surface area (Å²) in [4.78, 5) is 1.99. The van der Waals surface area contributed by atoms with Crippen molar-refractivity contribution in [1.29, 1.82) is 0 Å². The second-order valence-electron chi connectivity index (χ2n) is 3.38. The number of ether oxygens (including phenoxy) is 1. The minimum atomic E-state index is 0.142. The van der Waals surface area contributed by atoms with Crippen molar-refractivity contribution in [3.8, 4) is 5.75 Å². The zero-order chi connectivity index (χ0) is 11.3. The third kappa shape index (κ3) is 3.38. The maximum Gasteiger partial charge on any atom is 0.124 e.